The van der Waals surface area contributed by atoms with Gasteiger partial charge < -0.3 is 5.32 Å². The minimum absolute atomic E-state index is 1.05. The molecule has 1 aliphatic heterocycles. The molecule has 3 rings (SSSR count). The van der Waals surface area contributed by atoms with Gasteiger partial charge in [-0.1, -0.05) is 61.5 Å². The highest BCUT2D eigenvalue weighted by atomic mass is 15.0. The molecule has 0 atom stereocenters. The summed E-state index contributed by atoms with van der Waals surface area (Å²) in [6.45, 7) is 8.44. The van der Waals surface area contributed by atoms with Crippen molar-refractivity contribution in [2.75, 3.05) is 26.2 Å². The number of benzene rings is 2. The lowest BCUT2D eigenvalue weighted by atomic mass is 10.0. The van der Waals surface area contributed by atoms with Gasteiger partial charge in [0.1, 0.15) is 13.1 Å². The van der Waals surface area contributed by atoms with Gasteiger partial charge in [0.15, 0.2) is 6.21 Å². The Morgan fingerprint density at radius 2 is 1.74 bits per heavy atom. The number of fused-ring (bicyclic) bond motifs is 1. The molecule has 1 aliphatic rings. The molecule has 0 saturated carbocycles. The van der Waals surface area contributed by atoms with Crippen molar-refractivity contribution in [2.24, 2.45) is 0 Å². The monoisotopic (exact) mass is 361 g/mol. The van der Waals surface area contributed by atoms with Gasteiger partial charge >= 0.3 is 0 Å². The van der Waals surface area contributed by atoms with Crippen LogP contribution in [0.25, 0.3) is 6.08 Å². The quantitative estimate of drug-likeness (QED) is 0.452. The number of rotatable bonds is 11. The van der Waals surface area contributed by atoms with E-state index in [1.54, 1.807) is 0 Å². The van der Waals surface area contributed by atoms with Gasteiger partial charge in [-0.15, -0.1) is 0 Å². The summed E-state index contributed by atoms with van der Waals surface area (Å²) in [6, 6.07) is 17.3. The van der Waals surface area contributed by atoms with E-state index in [2.05, 4.69) is 71.2 Å². The molecule has 0 unspecified atom stereocenters. The molecule has 2 aromatic carbocycles. The van der Waals surface area contributed by atoms with Gasteiger partial charge in [0.25, 0.3) is 0 Å². The first-order valence-corrected chi connectivity index (χ1v) is 10.4. The largest absolute Gasteiger partial charge is 0.316 e. The predicted molar refractivity (Wildman–Crippen MR) is 117 cm³/mol. The lowest BCUT2D eigenvalue weighted by Crippen LogP contribution is -2.23. The maximum Gasteiger partial charge on any atom is 0.170 e. The van der Waals surface area contributed by atoms with Crippen molar-refractivity contribution < 1.29 is 4.58 Å². The third-order valence-electron chi connectivity index (χ3n) is 5.44. The van der Waals surface area contributed by atoms with E-state index < -0.39 is 0 Å². The van der Waals surface area contributed by atoms with Crippen LogP contribution < -0.4 is 5.32 Å². The minimum Gasteiger partial charge on any atom is -0.316 e. The molecule has 0 saturated heterocycles. The Morgan fingerprint density at radius 3 is 2.67 bits per heavy atom. The lowest BCUT2D eigenvalue weighted by molar-refractivity contribution is -0.524. The highest BCUT2D eigenvalue weighted by Crippen LogP contribution is 2.12. The van der Waals surface area contributed by atoms with Crippen LogP contribution in [0.5, 0.6) is 0 Å². The average molecular weight is 362 g/mol. The second-order valence-electron chi connectivity index (χ2n) is 7.43. The van der Waals surface area contributed by atoms with Crippen LogP contribution in [-0.2, 0) is 12.8 Å². The molecular formula is C25H33N2+. The van der Waals surface area contributed by atoms with Crippen LogP contribution in [0.3, 0.4) is 0 Å². The third kappa shape index (κ3) is 6.18. The highest BCUT2D eigenvalue weighted by Gasteiger charge is 2.14. The molecule has 0 radical (unpaired) electrons. The van der Waals surface area contributed by atoms with E-state index in [1.165, 1.54) is 67.4 Å². The topological polar surface area (TPSA) is 15.0 Å². The van der Waals surface area contributed by atoms with Crippen LogP contribution in [0, 0.1) is 0 Å². The van der Waals surface area contributed by atoms with E-state index in [4.69, 9.17) is 0 Å². The molecule has 0 spiro atoms. The van der Waals surface area contributed by atoms with Gasteiger partial charge in [0, 0.05) is 18.4 Å². The molecule has 0 fully saturated rings. The van der Waals surface area contributed by atoms with E-state index in [1.807, 2.05) is 6.08 Å². The van der Waals surface area contributed by atoms with Crippen molar-refractivity contribution in [3.05, 3.63) is 77.4 Å². The lowest BCUT2D eigenvalue weighted by Gasteiger charge is -2.12. The first-order valence-electron chi connectivity index (χ1n) is 10.4. The minimum atomic E-state index is 1.05. The second kappa shape index (κ2) is 10.8. The maximum atomic E-state index is 3.90. The van der Waals surface area contributed by atoms with Crippen LogP contribution in [0.1, 0.15) is 47.9 Å². The summed E-state index contributed by atoms with van der Waals surface area (Å²) in [4.78, 5) is 0. The maximum absolute atomic E-state index is 3.90. The Labute approximate surface area is 164 Å². The van der Waals surface area contributed by atoms with Crippen LogP contribution in [0.4, 0.5) is 0 Å². The standard InChI is InChI=1S/C25H33N2/c1-2-22-11-5-6-12-23(22)15-18-26-17-9-3-4-10-19-27-20-16-24-13-7-8-14-25(24)21-27/h2,5-8,11-14,21,26H,1,3-4,9-10,15-20H2/q+1. The zero-order valence-corrected chi connectivity index (χ0v) is 16.5. The Hall–Kier alpha value is -2.19. The van der Waals surface area contributed by atoms with Gasteiger partial charge in [0.2, 0.25) is 0 Å². The van der Waals surface area contributed by atoms with Crippen molar-refractivity contribution in [1.29, 1.82) is 0 Å². The van der Waals surface area contributed by atoms with E-state index in [-0.39, 0.29) is 0 Å². The highest BCUT2D eigenvalue weighted by molar-refractivity contribution is 5.78. The average Bonchev–Trinajstić information content (AvgIpc) is 2.72. The number of hydrogen-bond acceptors (Lipinski definition) is 1. The molecule has 0 aliphatic carbocycles. The fourth-order valence-corrected chi connectivity index (χ4v) is 3.82. The Kier molecular flexibility index (Phi) is 7.85. The molecule has 0 aromatic heterocycles. The van der Waals surface area contributed by atoms with Crippen LogP contribution in [0.2, 0.25) is 0 Å². The molecule has 1 heterocycles. The number of unbranched alkanes of at least 4 members (excludes halogenated alkanes) is 3. The zero-order valence-electron chi connectivity index (χ0n) is 16.5. The van der Waals surface area contributed by atoms with Crippen molar-refractivity contribution in [1.82, 2.24) is 5.32 Å². The molecule has 0 amide bonds. The Balaban J connectivity index is 1.23. The van der Waals surface area contributed by atoms with Gasteiger partial charge in [0.05, 0.1) is 0 Å². The summed E-state index contributed by atoms with van der Waals surface area (Å²) in [5.74, 6) is 0. The summed E-state index contributed by atoms with van der Waals surface area (Å²) < 4.78 is 2.50. The van der Waals surface area contributed by atoms with E-state index >= 15 is 0 Å². The van der Waals surface area contributed by atoms with Gasteiger partial charge in [-0.2, -0.15) is 0 Å². The number of hydrogen-bond donors (Lipinski definition) is 1. The summed E-state index contributed by atoms with van der Waals surface area (Å²) >= 11 is 0. The van der Waals surface area contributed by atoms with Crippen LogP contribution in [0.15, 0.2) is 55.1 Å². The fourth-order valence-electron chi connectivity index (χ4n) is 3.82. The third-order valence-corrected chi connectivity index (χ3v) is 5.44. The predicted octanol–water partition coefficient (Wildman–Crippen LogP) is 4.71. The summed E-state index contributed by atoms with van der Waals surface area (Å²) in [6.07, 6.45) is 11.8. The SMILES string of the molecule is C=Cc1ccccc1CCNCCCCCC[N+]1=Cc2ccccc2CC1. The molecule has 0 bridgehead atoms. The summed E-state index contributed by atoms with van der Waals surface area (Å²) in [5.41, 5.74) is 5.55. The van der Waals surface area contributed by atoms with Gasteiger partial charge in [-0.3, -0.25) is 0 Å². The number of nitrogens with zero attached hydrogens (tertiary/aromatic N) is 1. The Bertz CT molecular complexity index is 760. The fraction of sp³-hybridized carbons (Fsp3) is 0.400. The zero-order chi connectivity index (χ0) is 18.7. The molecule has 27 heavy (non-hydrogen) atoms. The van der Waals surface area contributed by atoms with E-state index in [9.17, 15) is 0 Å². The smallest absolute Gasteiger partial charge is 0.170 e. The Morgan fingerprint density at radius 1 is 0.926 bits per heavy atom. The van der Waals surface area contributed by atoms with Crippen molar-refractivity contribution >= 4 is 12.3 Å². The van der Waals surface area contributed by atoms with Gasteiger partial charge in [-0.05, 0) is 55.1 Å². The first-order chi connectivity index (χ1) is 13.4. The van der Waals surface area contributed by atoms with E-state index in [0.29, 0.717) is 0 Å². The molecular weight excluding hydrogens is 328 g/mol. The van der Waals surface area contributed by atoms with Crippen molar-refractivity contribution in [3.8, 4) is 0 Å². The molecule has 2 heteroatoms. The molecule has 142 valence electrons. The van der Waals surface area contributed by atoms with Crippen LogP contribution in [-0.4, -0.2) is 37.0 Å². The first kappa shape index (κ1) is 19.6. The summed E-state index contributed by atoms with van der Waals surface area (Å²) in [5, 5.41) is 3.59. The summed E-state index contributed by atoms with van der Waals surface area (Å²) in [7, 11) is 0. The van der Waals surface area contributed by atoms with Crippen molar-refractivity contribution in [2.45, 2.75) is 38.5 Å². The molecule has 1 N–H and O–H groups in total. The normalized spacial score (nSPS) is 13.1. The molecule has 2 aromatic rings. The van der Waals surface area contributed by atoms with Gasteiger partial charge in [-0.25, -0.2) is 4.58 Å². The second-order valence-corrected chi connectivity index (χ2v) is 7.43. The van der Waals surface area contributed by atoms with E-state index in [0.717, 1.165) is 19.5 Å². The van der Waals surface area contributed by atoms with Crippen molar-refractivity contribution in [3.63, 3.8) is 0 Å². The molecule has 2 nitrogen and oxygen atoms in total. The van der Waals surface area contributed by atoms with Crippen LogP contribution >= 0.6 is 0 Å². The number of nitrogens with one attached hydrogen (secondary N) is 1.